The minimum absolute atomic E-state index is 0.0358. The summed E-state index contributed by atoms with van der Waals surface area (Å²) in [7, 11) is 0. The monoisotopic (exact) mass is 405 g/mol. The number of aromatic nitrogens is 1. The van der Waals surface area contributed by atoms with Crippen LogP contribution in [0, 0.1) is 12.7 Å². The molecule has 0 amide bonds. The summed E-state index contributed by atoms with van der Waals surface area (Å²) in [5, 5.41) is 13.7. The second-order valence-corrected chi connectivity index (χ2v) is 7.65. The minimum atomic E-state index is -0.429. The molecule has 1 aromatic carbocycles. The van der Waals surface area contributed by atoms with E-state index in [0.29, 0.717) is 14.9 Å². The largest absolute Gasteiger partial charge is 0.501 e. The first-order valence-electron chi connectivity index (χ1n) is 7.69. The van der Waals surface area contributed by atoms with E-state index in [9.17, 15) is 9.50 Å². The first-order chi connectivity index (χ1) is 12.5. The van der Waals surface area contributed by atoms with Crippen molar-refractivity contribution in [3.05, 3.63) is 81.5 Å². The fourth-order valence-electron chi connectivity index (χ4n) is 2.38. The molecule has 0 atom stereocenters. The quantitative estimate of drug-likeness (QED) is 0.262. The van der Waals surface area contributed by atoms with Gasteiger partial charge in [0, 0.05) is 11.6 Å². The lowest BCUT2D eigenvalue weighted by molar-refractivity contribution is -0.576. The van der Waals surface area contributed by atoms with Gasteiger partial charge in [0.2, 0.25) is 5.76 Å². The van der Waals surface area contributed by atoms with Crippen LogP contribution in [0.1, 0.15) is 10.4 Å². The molecular formula is C19H15ClFN2OS2+. The Bertz CT molecular complexity index is 1000. The summed E-state index contributed by atoms with van der Waals surface area (Å²) in [6.07, 6.45) is 3.60. The standard InChI is InChI=1S/C19H14ClFN2OS2/c1-12-5-4-10-23(11-12)17(18(24)15-8-9-16(20)26-15)19(25)22-14-7-3-2-6-13(14)21/h2-11H,1H3,(H-,22,24,25)/p+1. The van der Waals surface area contributed by atoms with Gasteiger partial charge < -0.3 is 10.4 Å². The van der Waals surface area contributed by atoms with Crippen molar-refractivity contribution in [1.29, 1.82) is 0 Å². The first kappa shape index (κ1) is 18.5. The van der Waals surface area contributed by atoms with Crippen molar-refractivity contribution in [3.63, 3.8) is 0 Å². The van der Waals surface area contributed by atoms with Gasteiger partial charge in [0.15, 0.2) is 17.4 Å². The zero-order valence-electron chi connectivity index (χ0n) is 13.7. The molecule has 3 rings (SSSR count). The molecule has 0 radical (unpaired) electrons. The lowest BCUT2D eigenvalue weighted by Crippen LogP contribution is -2.38. The Hall–Kier alpha value is -2.28. The number of aliphatic hydroxyl groups is 1. The van der Waals surface area contributed by atoms with Gasteiger partial charge in [-0.3, -0.25) is 0 Å². The number of pyridine rings is 1. The molecule has 0 unspecified atom stereocenters. The zero-order valence-corrected chi connectivity index (χ0v) is 16.1. The fourth-order valence-corrected chi connectivity index (χ4v) is 3.68. The molecule has 2 N–H and O–H groups in total. The number of rotatable bonds is 4. The number of hydrogen-bond donors (Lipinski definition) is 2. The van der Waals surface area contributed by atoms with Gasteiger partial charge in [-0.05, 0) is 37.3 Å². The maximum absolute atomic E-state index is 14.0. The third-order valence-electron chi connectivity index (χ3n) is 3.57. The average Bonchev–Trinajstić information content (AvgIpc) is 3.04. The number of aliphatic hydroxyl groups excluding tert-OH is 1. The fraction of sp³-hybridized carbons (Fsp3) is 0.0526. The van der Waals surface area contributed by atoms with Crippen LogP contribution in [0.25, 0.3) is 11.5 Å². The highest BCUT2D eigenvalue weighted by molar-refractivity contribution is 7.81. The van der Waals surface area contributed by atoms with Crippen LogP contribution in [0.3, 0.4) is 0 Å². The normalized spacial score (nSPS) is 11.8. The van der Waals surface area contributed by atoms with Crippen molar-refractivity contribution in [2.45, 2.75) is 6.92 Å². The van der Waals surface area contributed by atoms with E-state index in [1.54, 1.807) is 41.1 Å². The van der Waals surface area contributed by atoms with Crippen LogP contribution in [-0.2, 0) is 0 Å². The molecule has 0 aliphatic carbocycles. The molecule has 3 aromatic rings. The van der Waals surface area contributed by atoms with Gasteiger partial charge in [-0.15, -0.1) is 11.3 Å². The molecule has 0 bridgehead atoms. The molecule has 2 heterocycles. The van der Waals surface area contributed by atoms with Crippen LogP contribution in [0.15, 0.2) is 60.9 Å². The van der Waals surface area contributed by atoms with E-state index in [-0.39, 0.29) is 16.4 Å². The van der Waals surface area contributed by atoms with Crippen LogP contribution in [0.5, 0.6) is 0 Å². The van der Waals surface area contributed by atoms with E-state index in [4.69, 9.17) is 23.8 Å². The van der Waals surface area contributed by atoms with Crippen LogP contribution in [0.2, 0.25) is 4.34 Å². The SMILES string of the molecule is Cc1ccc[n+](/C(C(=S)Nc2ccccc2F)=C(\O)c2ccc(Cl)s2)c1. The summed E-state index contributed by atoms with van der Waals surface area (Å²) in [5.74, 6) is -0.464. The number of hydrogen-bond acceptors (Lipinski definition) is 3. The number of nitrogens with one attached hydrogen (secondary N) is 1. The molecule has 26 heavy (non-hydrogen) atoms. The minimum Gasteiger partial charge on any atom is -0.501 e. The Balaban J connectivity index is 2.09. The number of aryl methyl sites for hydroxylation is 1. The van der Waals surface area contributed by atoms with Gasteiger partial charge >= 0.3 is 0 Å². The number of benzene rings is 1. The summed E-state index contributed by atoms with van der Waals surface area (Å²) < 4.78 is 16.2. The lowest BCUT2D eigenvalue weighted by Gasteiger charge is -2.10. The molecular weight excluding hydrogens is 391 g/mol. The van der Waals surface area contributed by atoms with Crippen molar-refractivity contribution in [2.75, 3.05) is 5.32 Å². The highest BCUT2D eigenvalue weighted by atomic mass is 35.5. The summed E-state index contributed by atoms with van der Waals surface area (Å²) in [5.41, 5.74) is 1.56. The van der Waals surface area contributed by atoms with Crippen molar-refractivity contribution in [3.8, 4) is 0 Å². The zero-order chi connectivity index (χ0) is 18.7. The van der Waals surface area contributed by atoms with Gasteiger partial charge in [0.1, 0.15) is 5.82 Å². The number of halogens is 2. The molecule has 7 heteroatoms. The molecule has 0 fully saturated rings. The molecule has 0 saturated carbocycles. The molecule has 0 aliphatic rings. The molecule has 132 valence electrons. The molecule has 0 spiro atoms. The summed E-state index contributed by atoms with van der Waals surface area (Å²) in [6.45, 7) is 1.93. The first-order valence-corrected chi connectivity index (χ1v) is 9.29. The predicted octanol–water partition coefficient (Wildman–Crippen LogP) is 5.46. The third kappa shape index (κ3) is 4.09. The Morgan fingerprint density at radius 1 is 1.19 bits per heavy atom. The Labute approximate surface area is 165 Å². The Kier molecular flexibility index (Phi) is 5.66. The third-order valence-corrected chi connectivity index (χ3v) is 5.11. The van der Waals surface area contributed by atoms with Crippen LogP contribution < -0.4 is 9.88 Å². The number of thiocarbonyl (C=S) groups is 1. The highest BCUT2D eigenvalue weighted by Gasteiger charge is 2.25. The molecule has 2 aromatic heterocycles. The van der Waals surface area contributed by atoms with Crippen molar-refractivity contribution < 1.29 is 14.1 Å². The topological polar surface area (TPSA) is 36.1 Å². The molecule has 3 nitrogen and oxygen atoms in total. The number of nitrogens with zero attached hydrogens (tertiary/aromatic N) is 1. The van der Waals surface area contributed by atoms with Crippen LogP contribution in [-0.4, -0.2) is 10.1 Å². The summed E-state index contributed by atoms with van der Waals surface area (Å²) >= 11 is 12.7. The van der Waals surface area contributed by atoms with E-state index in [0.717, 1.165) is 5.56 Å². The highest BCUT2D eigenvalue weighted by Crippen LogP contribution is 2.29. The maximum atomic E-state index is 14.0. The van der Waals surface area contributed by atoms with E-state index in [2.05, 4.69) is 5.32 Å². The van der Waals surface area contributed by atoms with Gasteiger partial charge in [0.25, 0.3) is 5.70 Å². The number of thiophene rings is 1. The van der Waals surface area contributed by atoms with Crippen molar-refractivity contribution in [2.24, 2.45) is 0 Å². The number of para-hydroxylation sites is 1. The Morgan fingerprint density at radius 2 is 1.96 bits per heavy atom. The van der Waals surface area contributed by atoms with Crippen LogP contribution >= 0.6 is 35.2 Å². The predicted molar refractivity (Wildman–Crippen MR) is 109 cm³/mol. The Morgan fingerprint density at radius 3 is 2.62 bits per heavy atom. The van der Waals surface area contributed by atoms with Gasteiger partial charge in [0.05, 0.1) is 14.9 Å². The van der Waals surface area contributed by atoms with E-state index >= 15 is 0 Å². The van der Waals surface area contributed by atoms with Gasteiger partial charge in [-0.1, -0.05) is 36.0 Å². The van der Waals surface area contributed by atoms with E-state index < -0.39 is 5.82 Å². The smallest absolute Gasteiger partial charge is 0.289 e. The lowest BCUT2D eigenvalue weighted by atomic mass is 10.2. The van der Waals surface area contributed by atoms with Gasteiger partial charge in [-0.25, -0.2) is 4.39 Å². The summed E-state index contributed by atoms with van der Waals surface area (Å²) in [6, 6.07) is 13.4. The van der Waals surface area contributed by atoms with E-state index in [1.165, 1.54) is 17.4 Å². The van der Waals surface area contributed by atoms with Crippen molar-refractivity contribution >= 4 is 57.3 Å². The molecule has 0 saturated heterocycles. The maximum Gasteiger partial charge on any atom is 0.289 e. The average molecular weight is 406 g/mol. The second kappa shape index (κ2) is 7.95. The van der Waals surface area contributed by atoms with Crippen LogP contribution in [0.4, 0.5) is 10.1 Å². The van der Waals surface area contributed by atoms with Gasteiger partial charge in [-0.2, -0.15) is 4.57 Å². The molecule has 0 aliphatic heterocycles. The summed E-state index contributed by atoms with van der Waals surface area (Å²) in [4.78, 5) is 0.754. The van der Waals surface area contributed by atoms with E-state index in [1.807, 2.05) is 25.3 Å². The van der Waals surface area contributed by atoms with Crippen molar-refractivity contribution in [1.82, 2.24) is 0 Å². The number of anilines is 1. The second-order valence-electron chi connectivity index (χ2n) is 5.52.